The van der Waals surface area contributed by atoms with Gasteiger partial charge in [-0.2, -0.15) is 59.3 Å². The predicted octanol–water partition coefficient (Wildman–Crippen LogP) is 9.77. The monoisotopic (exact) mass is 1900 g/mol. The van der Waals surface area contributed by atoms with E-state index in [1.807, 2.05) is 80.4 Å². The maximum atomic E-state index is 12.9. The van der Waals surface area contributed by atoms with Gasteiger partial charge in [0.15, 0.2) is 20.1 Å². The van der Waals surface area contributed by atoms with E-state index < -0.39 is 75.2 Å². The predicted molar refractivity (Wildman–Crippen MR) is 498 cm³/mol. The molecule has 4 aromatic heterocycles. The Morgan fingerprint density at radius 3 is 0.865 bits per heavy atom. The van der Waals surface area contributed by atoms with E-state index in [-0.39, 0.29) is 92.5 Å². The van der Waals surface area contributed by atoms with Gasteiger partial charge in [-0.3, -0.25) is 37.9 Å². The van der Waals surface area contributed by atoms with Crippen LogP contribution in [0.4, 0.5) is 41.9 Å². The Labute approximate surface area is 776 Å². The number of aromatic nitrogens is 8. The van der Waals surface area contributed by atoms with Crippen molar-refractivity contribution >= 4 is 111 Å². The Hall–Kier alpha value is -12.1. The van der Waals surface area contributed by atoms with Crippen molar-refractivity contribution in [3.05, 3.63) is 161 Å². The van der Waals surface area contributed by atoms with Crippen molar-refractivity contribution in [1.82, 2.24) is 82.5 Å². The van der Waals surface area contributed by atoms with Gasteiger partial charge < -0.3 is 45.8 Å². The summed E-state index contributed by atoms with van der Waals surface area (Å²) in [6.07, 6.45) is 23.3. The van der Waals surface area contributed by atoms with Crippen molar-refractivity contribution in [2.45, 2.75) is 232 Å². The van der Waals surface area contributed by atoms with Crippen LogP contribution in [0, 0.1) is 11.3 Å². The molecular formula is C91H120N22O16S4. The van der Waals surface area contributed by atoms with E-state index >= 15 is 0 Å². The summed E-state index contributed by atoms with van der Waals surface area (Å²) in [5.41, 5.74) is 19.3. The summed E-state index contributed by atoms with van der Waals surface area (Å²) in [6.45, 7) is 9.37. The normalized spacial score (nSPS) is 15.2. The maximum absolute atomic E-state index is 12.9. The van der Waals surface area contributed by atoms with Gasteiger partial charge in [-0.15, -0.1) is 0 Å². The molecule has 4 heterocycles. The van der Waals surface area contributed by atoms with Gasteiger partial charge in [0, 0.05) is 135 Å². The first kappa shape index (κ1) is 98.4. The number of fused-ring (bicyclic) bond motifs is 6. The van der Waals surface area contributed by atoms with Crippen LogP contribution in [0.2, 0.25) is 0 Å². The van der Waals surface area contributed by atoms with Crippen molar-refractivity contribution in [3.8, 4) is 6.07 Å². The standard InChI is InChI=1S/C23H32N6O4S.C23H29N5O4S.C23H33N5O4S.C22H26N6O4S/c1-27(2)11-12-28(3)22(30)19-14-20(25-29(19)4)34(32,33)26-23(31)24-21-17-9-5-7-15(17)13-16-8-6-10-18(16)21;1-27(16-8-5-9-16)22(29)19-13-20(25-28(19)2)33(31,32)26-23(30)24-21-17-10-3-6-14(17)12-15-7-4-11-18(15)21;1-14(2)17-11-8-12-18(15(3)4)21(17)24-23(30)26-33(31,32)20-13-19(28(6)25-20)22(29)27(5)16-9-7-10-16;1-27(11-5-10-23)21(29)18-13-19(25-28(18)2)33(31,32)26-22(30)24-20-16-8-3-6-14(16)12-15-7-4-9-17(15)20/h13-14H,5-12H2,1-4H3,(H2,24,26,31);12-13,16H,3-11H2,1-2H3,(H2,24,26,30);8,11-16H,7,9-10H2,1-6H3,(H2,24,26,30);12-13H,3-9,11H2,1-2H3,(H2,24,26,30). The van der Waals surface area contributed by atoms with Gasteiger partial charge in [0.1, 0.15) is 22.8 Å². The Morgan fingerprint density at radius 2 is 0.624 bits per heavy atom. The first-order chi connectivity index (χ1) is 62.9. The largest absolute Gasteiger partial charge is 0.339 e. The molecule has 0 saturated heterocycles. The maximum Gasteiger partial charge on any atom is 0.333 e. The lowest BCUT2D eigenvalue weighted by Crippen LogP contribution is -2.41. The van der Waals surface area contributed by atoms with Gasteiger partial charge in [0.2, 0.25) is 0 Å². The number of nitrogens with one attached hydrogen (secondary N) is 8. The highest BCUT2D eigenvalue weighted by atomic mass is 32.2. The third-order valence-corrected chi connectivity index (χ3v) is 30.9. The average molecular weight is 1910 g/mol. The SMILES string of the molecule is CC(C)c1cccc(C(C)C)c1NC(=O)NS(=O)(=O)c1cc(C(=O)N(C)C2CCC2)n(C)n1.CN(C(=O)c1cc(S(=O)(=O)NC(=O)Nc2c3c(cc4c2CCC4)CCC3)nn1C)C1CCC1.CN(C)CCN(C)C(=O)c1cc(S(=O)(=O)NC(=O)Nc2c3c(cc4c2CCC4)CCC3)nn1C.CN(CCC#N)C(=O)c1cc(S(=O)(=O)NC(=O)Nc2c3c(cc4c2CCC4)CCC3)nn1C. The van der Waals surface area contributed by atoms with Gasteiger partial charge in [0.05, 0.1) is 12.5 Å². The van der Waals surface area contributed by atoms with Crippen LogP contribution in [0.25, 0.3) is 0 Å². The molecule has 12 amide bonds. The van der Waals surface area contributed by atoms with E-state index in [9.17, 15) is 72.0 Å². The van der Waals surface area contributed by atoms with Crippen molar-refractivity contribution in [2.75, 3.05) is 83.2 Å². The Kier molecular flexibility index (Phi) is 30.2. The summed E-state index contributed by atoms with van der Waals surface area (Å²) in [5, 5.41) is 34.2. The number of urea groups is 4. The van der Waals surface area contributed by atoms with Crippen molar-refractivity contribution in [3.63, 3.8) is 0 Å². The van der Waals surface area contributed by atoms with Crippen LogP contribution in [0.1, 0.15) is 243 Å². The molecule has 0 bridgehead atoms. The third-order valence-electron chi connectivity index (χ3n) is 26.1. The molecule has 2 fully saturated rings. The lowest BCUT2D eigenvalue weighted by molar-refractivity contribution is 0.0633. The fraction of sp³-hybridized carbons (Fsp3) is 0.505. The molecule has 2 saturated carbocycles. The molecule has 0 unspecified atom stereocenters. The van der Waals surface area contributed by atoms with Gasteiger partial charge in [0.25, 0.3) is 63.7 Å². The first-order valence-electron chi connectivity index (χ1n) is 45.1. The van der Waals surface area contributed by atoms with Gasteiger partial charge in [-0.25, -0.2) is 38.1 Å². The van der Waals surface area contributed by atoms with Crippen LogP contribution in [0.5, 0.6) is 0 Å². The lowest BCUT2D eigenvalue weighted by Gasteiger charge is -2.34. The number of rotatable bonds is 25. The second-order valence-electron chi connectivity index (χ2n) is 36.2. The van der Waals surface area contributed by atoms with Gasteiger partial charge in [-0.1, -0.05) is 64.1 Å². The number of benzene rings is 4. The second kappa shape index (κ2) is 40.8. The molecule has 4 aromatic carbocycles. The van der Waals surface area contributed by atoms with Crippen molar-refractivity contribution in [1.29, 1.82) is 5.26 Å². The molecule has 714 valence electrons. The molecule has 42 heteroatoms. The molecule has 16 rings (SSSR count). The van der Waals surface area contributed by atoms with Crippen LogP contribution in [-0.4, -0.2) is 219 Å². The summed E-state index contributed by atoms with van der Waals surface area (Å²) in [4.78, 5) is 110. The zero-order valence-corrected chi connectivity index (χ0v) is 81.1. The van der Waals surface area contributed by atoms with E-state index in [0.717, 1.165) is 226 Å². The first-order valence-corrected chi connectivity index (χ1v) is 51.1. The fourth-order valence-electron chi connectivity index (χ4n) is 18.3. The molecule has 8 N–H and O–H groups in total. The van der Waals surface area contributed by atoms with Crippen LogP contribution in [-0.2, 0) is 145 Å². The molecule has 133 heavy (non-hydrogen) atoms. The van der Waals surface area contributed by atoms with Gasteiger partial charge in [-0.05, 0) is 258 Å². The summed E-state index contributed by atoms with van der Waals surface area (Å²) >= 11 is 0. The average Bonchev–Trinajstić information content (AvgIpc) is 1.63. The number of amides is 12. The number of carbonyl (C=O) groups excluding carboxylic acids is 8. The van der Waals surface area contributed by atoms with Crippen molar-refractivity contribution in [2.24, 2.45) is 28.2 Å². The topological polar surface area (TPSA) is 481 Å². The zero-order valence-electron chi connectivity index (χ0n) is 77.8. The number of anilines is 4. The van der Waals surface area contributed by atoms with E-state index in [4.69, 9.17) is 5.26 Å². The van der Waals surface area contributed by atoms with E-state index in [2.05, 4.69) is 69.3 Å². The molecule has 0 radical (unpaired) electrons. The Bertz CT molecular complexity index is 6310. The minimum Gasteiger partial charge on any atom is -0.339 e. The highest BCUT2D eigenvalue weighted by Crippen LogP contribution is 2.43. The number of hydrogen-bond donors (Lipinski definition) is 8. The quantitative estimate of drug-likeness (QED) is 0.0264. The van der Waals surface area contributed by atoms with Crippen LogP contribution >= 0.6 is 0 Å². The molecule has 0 atom stereocenters. The smallest absolute Gasteiger partial charge is 0.333 e. The number of nitriles is 1. The minimum absolute atomic E-state index is 0.0370. The minimum atomic E-state index is -4.30. The fourth-order valence-corrected chi connectivity index (χ4v) is 21.9. The van der Waals surface area contributed by atoms with Crippen LogP contribution < -0.4 is 40.2 Å². The molecule has 0 aliphatic heterocycles. The summed E-state index contributed by atoms with van der Waals surface area (Å²) in [5.74, 6) is -1.14. The highest BCUT2D eigenvalue weighted by molar-refractivity contribution is 7.90. The Balaban J connectivity index is 0.000000151. The molecular weight excluding hydrogens is 1790 g/mol. The number of likely N-dealkylation sites (N-methyl/N-ethyl adjacent to an activating group) is 2. The van der Waals surface area contributed by atoms with Crippen LogP contribution in [0.3, 0.4) is 0 Å². The number of carbonyl (C=O) groups is 8. The highest BCUT2D eigenvalue weighted by Gasteiger charge is 2.38. The zero-order chi connectivity index (χ0) is 96.2. The van der Waals surface area contributed by atoms with E-state index in [1.165, 1.54) is 111 Å². The van der Waals surface area contributed by atoms with E-state index in [1.54, 1.807) is 30.9 Å². The van der Waals surface area contributed by atoms with Gasteiger partial charge >= 0.3 is 24.1 Å². The summed E-state index contributed by atoms with van der Waals surface area (Å²) in [6, 6.07) is 16.1. The number of para-hydroxylation sites is 1. The number of sulfonamides is 4. The summed E-state index contributed by atoms with van der Waals surface area (Å²) < 4.78 is 116. The number of nitrogens with zero attached hydrogens (tertiary/aromatic N) is 14. The Morgan fingerprint density at radius 1 is 0.368 bits per heavy atom. The number of aryl methyl sites for hydroxylation is 10. The molecule has 38 nitrogen and oxygen atoms in total. The molecule has 0 spiro atoms. The summed E-state index contributed by atoms with van der Waals surface area (Å²) in [7, 11) is -0.718. The van der Waals surface area contributed by atoms with E-state index in [0.29, 0.717) is 18.8 Å². The van der Waals surface area contributed by atoms with Crippen LogP contribution in [0.15, 0.2) is 80.8 Å². The van der Waals surface area contributed by atoms with Crippen molar-refractivity contribution < 1.29 is 72.0 Å². The molecule has 8 aliphatic rings. The second-order valence-corrected chi connectivity index (χ2v) is 42.7. The third kappa shape index (κ3) is 22.1. The lowest BCUT2D eigenvalue weighted by atomic mass is 9.92. The molecule has 8 aromatic rings. The number of hydrogen-bond acceptors (Lipinski definition) is 22. The molecule has 8 aliphatic carbocycles.